The lowest BCUT2D eigenvalue weighted by atomic mass is 9.95. The van der Waals surface area contributed by atoms with Crippen LogP contribution in [-0.4, -0.2) is 11.1 Å². The van der Waals surface area contributed by atoms with E-state index in [-0.39, 0.29) is 18.6 Å². The number of benzene rings is 1. The molecule has 8 heteroatoms. The molecule has 0 aromatic heterocycles. The van der Waals surface area contributed by atoms with Gasteiger partial charge in [-0.15, -0.1) is 0 Å². The number of rotatable bonds is 2. The molecule has 0 heterocycles. The zero-order valence-corrected chi connectivity index (χ0v) is 9.49. The van der Waals surface area contributed by atoms with Gasteiger partial charge in [0, 0.05) is 0 Å². The fourth-order valence-electron chi connectivity index (χ4n) is 1.66. The minimum atomic E-state index is -5.05. The summed E-state index contributed by atoms with van der Waals surface area (Å²) in [5.74, 6) is -1.83. The van der Waals surface area contributed by atoms with Crippen LogP contribution in [0.5, 0.6) is 0 Å². The molecule has 1 N–H and O–H groups in total. The Kier molecular flexibility index (Phi) is 3.83. The first kappa shape index (κ1) is 15.3. The molecule has 0 saturated heterocycles. The Labute approximate surface area is 103 Å². The molecule has 0 unspecified atom stereocenters. The van der Waals surface area contributed by atoms with E-state index in [1.165, 1.54) is 6.92 Å². The van der Waals surface area contributed by atoms with Gasteiger partial charge in [0.2, 0.25) is 0 Å². The molecule has 19 heavy (non-hydrogen) atoms. The highest BCUT2D eigenvalue weighted by atomic mass is 19.4. The van der Waals surface area contributed by atoms with Crippen molar-refractivity contribution in [2.45, 2.75) is 25.7 Å². The van der Waals surface area contributed by atoms with Crippen LogP contribution in [0.25, 0.3) is 0 Å². The third-order valence-electron chi connectivity index (χ3n) is 2.47. The number of aromatic carboxylic acids is 1. The van der Waals surface area contributed by atoms with Crippen LogP contribution < -0.4 is 0 Å². The Morgan fingerprint density at radius 2 is 1.63 bits per heavy atom. The first-order valence-electron chi connectivity index (χ1n) is 5.03. The third-order valence-corrected chi connectivity index (χ3v) is 2.47. The molecular formula is C11H8F6O2. The van der Waals surface area contributed by atoms with Gasteiger partial charge < -0.3 is 5.11 Å². The molecule has 0 amide bonds. The minimum Gasteiger partial charge on any atom is -0.478 e. The van der Waals surface area contributed by atoms with E-state index in [9.17, 15) is 31.1 Å². The van der Waals surface area contributed by atoms with E-state index in [1.807, 2.05) is 0 Å². The molecule has 1 rings (SSSR count). The maximum absolute atomic E-state index is 12.7. The lowest BCUT2D eigenvalue weighted by Gasteiger charge is -2.17. The van der Waals surface area contributed by atoms with Crippen LogP contribution in [0.4, 0.5) is 26.3 Å². The van der Waals surface area contributed by atoms with Crippen LogP contribution in [0.1, 0.15) is 34.0 Å². The molecular weight excluding hydrogens is 278 g/mol. The maximum Gasteiger partial charge on any atom is 0.416 e. The Bertz CT molecular complexity index is 501. The van der Waals surface area contributed by atoms with Crippen molar-refractivity contribution in [3.8, 4) is 0 Å². The number of hydrogen-bond donors (Lipinski definition) is 1. The van der Waals surface area contributed by atoms with E-state index >= 15 is 0 Å². The van der Waals surface area contributed by atoms with Crippen molar-refractivity contribution in [1.29, 1.82) is 0 Å². The average Bonchev–Trinajstić information content (AvgIpc) is 2.24. The molecule has 0 fully saturated rings. The SMILES string of the molecule is CCc1c(C(=O)O)cc(C(F)(F)F)cc1C(F)(F)F. The van der Waals surface area contributed by atoms with Gasteiger partial charge in [0.05, 0.1) is 16.7 Å². The minimum absolute atomic E-state index is 0.0642. The fourth-order valence-corrected chi connectivity index (χ4v) is 1.66. The van der Waals surface area contributed by atoms with Crippen LogP contribution in [0.2, 0.25) is 0 Å². The molecule has 0 saturated carbocycles. The highest BCUT2D eigenvalue weighted by Gasteiger charge is 2.39. The van der Waals surface area contributed by atoms with Gasteiger partial charge in [0.15, 0.2) is 0 Å². The molecule has 1 aromatic carbocycles. The van der Waals surface area contributed by atoms with Gasteiger partial charge in [0.1, 0.15) is 0 Å². The van der Waals surface area contributed by atoms with Crippen molar-refractivity contribution in [2.75, 3.05) is 0 Å². The highest BCUT2D eigenvalue weighted by Crippen LogP contribution is 2.39. The van der Waals surface area contributed by atoms with Crippen molar-refractivity contribution >= 4 is 5.97 Å². The Balaban J connectivity index is 3.70. The number of carboxylic acid groups (broad SMARTS) is 1. The van der Waals surface area contributed by atoms with Crippen molar-refractivity contribution in [1.82, 2.24) is 0 Å². The molecule has 1 aromatic rings. The van der Waals surface area contributed by atoms with Gasteiger partial charge in [-0.3, -0.25) is 0 Å². The van der Waals surface area contributed by atoms with E-state index < -0.39 is 40.6 Å². The number of carbonyl (C=O) groups is 1. The smallest absolute Gasteiger partial charge is 0.416 e. The van der Waals surface area contributed by atoms with Gasteiger partial charge in [-0.1, -0.05) is 6.92 Å². The fraction of sp³-hybridized carbons (Fsp3) is 0.364. The standard InChI is InChI=1S/C11H8F6O2/c1-2-6-7(9(18)19)3-5(10(12,13)14)4-8(6)11(15,16)17/h3-4H,2H2,1H3,(H,18,19). The summed E-state index contributed by atoms with van der Waals surface area (Å²) in [5, 5.41) is 8.74. The van der Waals surface area contributed by atoms with Crippen molar-refractivity contribution in [2.24, 2.45) is 0 Å². The zero-order chi connectivity index (χ0) is 15.0. The van der Waals surface area contributed by atoms with Crippen LogP contribution in [-0.2, 0) is 18.8 Å². The maximum atomic E-state index is 12.7. The Hall–Kier alpha value is -1.73. The topological polar surface area (TPSA) is 37.3 Å². The first-order valence-corrected chi connectivity index (χ1v) is 5.03. The number of hydrogen-bond acceptors (Lipinski definition) is 1. The summed E-state index contributed by atoms with van der Waals surface area (Å²) in [5.41, 5.74) is -4.84. The molecule has 0 radical (unpaired) electrons. The molecule has 0 spiro atoms. The monoisotopic (exact) mass is 286 g/mol. The number of halogens is 6. The second-order valence-electron chi connectivity index (χ2n) is 3.70. The van der Waals surface area contributed by atoms with E-state index in [0.29, 0.717) is 0 Å². The van der Waals surface area contributed by atoms with Gasteiger partial charge >= 0.3 is 18.3 Å². The Morgan fingerprint density at radius 1 is 1.11 bits per heavy atom. The van der Waals surface area contributed by atoms with Gasteiger partial charge in [-0.25, -0.2) is 4.79 Å². The van der Waals surface area contributed by atoms with Crippen LogP contribution in [0, 0.1) is 0 Å². The van der Waals surface area contributed by atoms with E-state index in [0.717, 1.165) is 0 Å². The average molecular weight is 286 g/mol. The largest absolute Gasteiger partial charge is 0.478 e. The van der Waals surface area contributed by atoms with Gasteiger partial charge in [-0.2, -0.15) is 26.3 Å². The Morgan fingerprint density at radius 3 is 1.95 bits per heavy atom. The van der Waals surface area contributed by atoms with Crippen molar-refractivity contribution in [3.63, 3.8) is 0 Å². The summed E-state index contributed by atoms with van der Waals surface area (Å²) in [7, 11) is 0. The highest BCUT2D eigenvalue weighted by molar-refractivity contribution is 5.90. The second kappa shape index (κ2) is 4.75. The van der Waals surface area contributed by atoms with E-state index in [2.05, 4.69) is 0 Å². The van der Waals surface area contributed by atoms with Crippen LogP contribution >= 0.6 is 0 Å². The van der Waals surface area contributed by atoms with Gasteiger partial charge in [0.25, 0.3) is 0 Å². The molecule has 0 bridgehead atoms. The summed E-state index contributed by atoms with van der Waals surface area (Å²) in [4.78, 5) is 10.8. The second-order valence-corrected chi connectivity index (χ2v) is 3.70. The summed E-state index contributed by atoms with van der Waals surface area (Å²) in [6.07, 6.45) is -10.4. The van der Waals surface area contributed by atoms with E-state index in [4.69, 9.17) is 5.11 Å². The summed E-state index contributed by atoms with van der Waals surface area (Å²) >= 11 is 0. The predicted molar refractivity (Wildman–Crippen MR) is 52.8 cm³/mol. The quantitative estimate of drug-likeness (QED) is 0.835. The molecule has 2 nitrogen and oxygen atoms in total. The summed E-state index contributed by atoms with van der Waals surface area (Å²) < 4.78 is 75.5. The molecule has 0 atom stereocenters. The zero-order valence-electron chi connectivity index (χ0n) is 9.49. The first-order chi connectivity index (χ1) is 8.48. The number of alkyl halides is 6. The lowest BCUT2D eigenvalue weighted by Crippen LogP contribution is -2.17. The van der Waals surface area contributed by atoms with Gasteiger partial charge in [-0.05, 0) is 24.1 Å². The van der Waals surface area contributed by atoms with Crippen molar-refractivity contribution < 1.29 is 36.2 Å². The number of carboxylic acids is 1. The normalized spacial score (nSPS) is 12.6. The van der Waals surface area contributed by atoms with Crippen LogP contribution in [0.3, 0.4) is 0 Å². The van der Waals surface area contributed by atoms with Crippen LogP contribution in [0.15, 0.2) is 12.1 Å². The summed E-state index contributed by atoms with van der Waals surface area (Å²) in [6, 6.07) is 0.154. The van der Waals surface area contributed by atoms with E-state index in [1.54, 1.807) is 0 Å². The third kappa shape index (κ3) is 3.18. The molecule has 106 valence electrons. The molecule has 0 aliphatic carbocycles. The summed E-state index contributed by atoms with van der Waals surface area (Å²) in [6.45, 7) is 1.24. The van der Waals surface area contributed by atoms with Crippen molar-refractivity contribution in [3.05, 3.63) is 34.4 Å². The lowest BCUT2D eigenvalue weighted by molar-refractivity contribution is -0.143. The molecule has 0 aliphatic heterocycles. The predicted octanol–water partition coefficient (Wildman–Crippen LogP) is 3.98. The molecule has 0 aliphatic rings.